The Labute approximate surface area is 175 Å². The molecule has 3 amide bonds. The van der Waals surface area contributed by atoms with Crippen LogP contribution < -0.4 is 5.32 Å². The van der Waals surface area contributed by atoms with Gasteiger partial charge in [-0.15, -0.1) is 0 Å². The molecular weight excluding hydrogens is 382 g/mol. The highest BCUT2D eigenvalue weighted by atomic mass is 16.5. The Morgan fingerprint density at radius 1 is 1.00 bits per heavy atom. The average molecular weight is 407 g/mol. The lowest BCUT2D eigenvalue weighted by molar-refractivity contribution is 0.0383. The van der Waals surface area contributed by atoms with Gasteiger partial charge in [-0.1, -0.05) is 29.8 Å². The van der Waals surface area contributed by atoms with Gasteiger partial charge in [-0.25, -0.2) is 0 Å². The third kappa shape index (κ3) is 4.27. The van der Waals surface area contributed by atoms with E-state index in [-0.39, 0.29) is 29.8 Å². The number of nitrogens with zero attached hydrogens (tertiary/aromatic N) is 2. The Hall–Kier alpha value is -3.03. The van der Waals surface area contributed by atoms with Gasteiger partial charge in [-0.2, -0.15) is 0 Å². The van der Waals surface area contributed by atoms with Crippen molar-refractivity contribution in [2.24, 2.45) is 0 Å². The summed E-state index contributed by atoms with van der Waals surface area (Å²) >= 11 is 0. The molecule has 0 saturated carbocycles. The maximum absolute atomic E-state index is 12.8. The lowest BCUT2D eigenvalue weighted by atomic mass is 10.1. The van der Waals surface area contributed by atoms with Crippen LogP contribution in [-0.4, -0.2) is 66.9 Å². The number of hydrogen-bond acceptors (Lipinski definition) is 5. The molecule has 0 bridgehead atoms. The minimum atomic E-state index is -0.362. The molecule has 0 radical (unpaired) electrons. The van der Waals surface area contributed by atoms with Crippen LogP contribution in [0.25, 0.3) is 0 Å². The summed E-state index contributed by atoms with van der Waals surface area (Å²) in [4.78, 5) is 41.5. The standard InChI is InChI=1S/C23H25N3O4/c1-16-2-4-17(5-3-16)15-26-22(28)19-7-6-18(14-20(19)23(26)29)21(27)24-8-9-25-10-12-30-13-11-25/h2-7,14H,8-13,15H2,1H3,(H,24,27). The van der Waals surface area contributed by atoms with Gasteiger partial charge in [0.05, 0.1) is 30.9 Å². The zero-order valence-corrected chi connectivity index (χ0v) is 17.0. The van der Waals surface area contributed by atoms with E-state index in [2.05, 4.69) is 10.2 Å². The monoisotopic (exact) mass is 407 g/mol. The fourth-order valence-corrected chi connectivity index (χ4v) is 3.71. The maximum atomic E-state index is 12.8. The molecule has 1 saturated heterocycles. The molecule has 30 heavy (non-hydrogen) atoms. The maximum Gasteiger partial charge on any atom is 0.261 e. The summed E-state index contributed by atoms with van der Waals surface area (Å²) < 4.78 is 5.32. The molecule has 7 nitrogen and oxygen atoms in total. The van der Waals surface area contributed by atoms with Crippen molar-refractivity contribution in [3.05, 3.63) is 70.3 Å². The van der Waals surface area contributed by atoms with Crippen molar-refractivity contribution < 1.29 is 19.1 Å². The van der Waals surface area contributed by atoms with E-state index in [9.17, 15) is 14.4 Å². The number of benzene rings is 2. The highest BCUT2D eigenvalue weighted by Gasteiger charge is 2.36. The molecular formula is C23H25N3O4. The Kier molecular flexibility index (Phi) is 5.92. The lowest BCUT2D eigenvalue weighted by Gasteiger charge is -2.26. The van der Waals surface area contributed by atoms with Crippen LogP contribution in [0.5, 0.6) is 0 Å². The first-order valence-corrected chi connectivity index (χ1v) is 10.2. The number of ether oxygens (including phenoxy) is 1. The van der Waals surface area contributed by atoms with Crippen molar-refractivity contribution in [3.63, 3.8) is 0 Å². The summed E-state index contributed by atoms with van der Waals surface area (Å²) in [5, 5.41) is 2.89. The number of hydrogen-bond donors (Lipinski definition) is 1. The molecule has 1 fully saturated rings. The Morgan fingerprint density at radius 2 is 1.70 bits per heavy atom. The minimum absolute atomic E-state index is 0.216. The molecule has 4 rings (SSSR count). The Bertz CT molecular complexity index is 965. The molecule has 2 heterocycles. The first-order valence-electron chi connectivity index (χ1n) is 10.2. The zero-order valence-electron chi connectivity index (χ0n) is 17.0. The number of aryl methyl sites for hydroxylation is 1. The number of morpholine rings is 1. The highest BCUT2D eigenvalue weighted by Crippen LogP contribution is 2.25. The molecule has 2 aromatic rings. The van der Waals surface area contributed by atoms with Gasteiger partial charge in [0.25, 0.3) is 17.7 Å². The van der Waals surface area contributed by atoms with Gasteiger partial charge in [0.1, 0.15) is 0 Å². The summed E-state index contributed by atoms with van der Waals surface area (Å²) in [6.45, 7) is 6.63. The molecule has 2 aliphatic heterocycles. The van der Waals surface area contributed by atoms with Gasteiger partial charge in [-0.3, -0.25) is 24.2 Å². The molecule has 1 N–H and O–H groups in total. The lowest BCUT2D eigenvalue weighted by Crippen LogP contribution is -2.41. The van der Waals surface area contributed by atoms with Crippen molar-refractivity contribution in [2.75, 3.05) is 39.4 Å². The van der Waals surface area contributed by atoms with E-state index in [0.29, 0.717) is 30.9 Å². The molecule has 0 aromatic heterocycles. The van der Waals surface area contributed by atoms with Crippen molar-refractivity contribution in [3.8, 4) is 0 Å². The molecule has 0 unspecified atom stereocenters. The molecule has 0 aliphatic carbocycles. The van der Waals surface area contributed by atoms with E-state index >= 15 is 0 Å². The van der Waals surface area contributed by atoms with Crippen molar-refractivity contribution in [1.29, 1.82) is 0 Å². The Balaban J connectivity index is 1.40. The molecule has 2 aliphatic rings. The number of fused-ring (bicyclic) bond motifs is 1. The van der Waals surface area contributed by atoms with Crippen LogP contribution in [0.2, 0.25) is 0 Å². The number of nitrogens with one attached hydrogen (secondary N) is 1. The van der Waals surface area contributed by atoms with Crippen LogP contribution in [0.1, 0.15) is 42.2 Å². The van der Waals surface area contributed by atoms with E-state index in [4.69, 9.17) is 4.74 Å². The van der Waals surface area contributed by atoms with Crippen molar-refractivity contribution >= 4 is 17.7 Å². The van der Waals surface area contributed by atoms with E-state index < -0.39 is 0 Å². The second-order valence-electron chi connectivity index (χ2n) is 7.65. The van der Waals surface area contributed by atoms with Gasteiger partial charge < -0.3 is 10.1 Å². The molecule has 0 spiro atoms. The Morgan fingerprint density at radius 3 is 2.43 bits per heavy atom. The van der Waals surface area contributed by atoms with Crippen LogP contribution in [0.3, 0.4) is 0 Å². The van der Waals surface area contributed by atoms with E-state index in [1.165, 1.54) is 11.0 Å². The number of rotatable bonds is 6. The quantitative estimate of drug-likeness (QED) is 0.740. The van der Waals surface area contributed by atoms with Gasteiger partial charge in [-0.05, 0) is 30.7 Å². The first kappa shape index (κ1) is 20.3. The number of carbonyl (C=O) groups is 3. The van der Waals surface area contributed by atoms with Crippen LogP contribution in [-0.2, 0) is 11.3 Å². The SMILES string of the molecule is Cc1ccc(CN2C(=O)c3ccc(C(=O)NCCN4CCOCC4)cc3C2=O)cc1. The minimum Gasteiger partial charge on any atom is -0.379 e. The van der Waals surface area contributed by atoms with Gasteiger partial charge in [0, 0.05) is 31.7 Å². The van der Waals surface area contributed by atoms with Crippen molar-refractivity contribution in [2.45, 2.75) is 13.5 Å². The second kappa shape index (κ2) is 8.77. The van der Waals surface area contributed by atoms with Crippen LogP contribution in [0.15, 0.2) is 42.5 Å². The van der Waals surface area contributed by atoms with E-state index in [1.807, 2.05) is 31.2 Å². The third-order valence-corrected chi connectivity index (χ3v) is 5.51. The van der Waals surface area contributed by atoms with Crippen LogP contribution in [0.4, 0.5) is 0 Å². The predicted molar refractivity (Wildman–Crippen MR) is 111 cm³/mol. The van der Waals surface area contributed by atoms with E-state index in [0.717, 1.165) is 30.8 Å². The first-order chi connectivity index (χ1) is 14.5. The molecule has 7 heteroatoms. The largest absolute Gasteiger partial charge is 0.379 e. The third-order valence-electron chi connectivity index (χ3n) is 5.51. The van der Waals surface area contributed by atoms with Crippen LogP contribution in [0, 0.1) is 6.92 Å². The summed E-state index contributed by atoms with van der Waals surface area (Å²) in [5.41, 5.74) is 3.01. The predicted octanol–water partition coefficient (Wildman–Crippen LogP) is 1.85. The highest BCUT2D eigenvalue weighted by molar-refractivity contribution is 6.22. The fraction of sp³-hybridized carbons (Fsp3) is 0.348. The van der Waals surface area contributed by atoms with E-state index in [1.54, 1.807) is 12.1 Å². The summed E-state index contributed by atoms with van der Waals surface area (Å²) in [6.07, 6.45) is 0. The van der Waals surface area contributed by atoms with Crippen LogP contribution >= 0.6 is 0 Å². The second-order valence-corrected chi connectivity index (χ2v) is 7.65. The smallest absolute Gasteiger partial charge is 0.261 e. The number of amides is 3. The zero-order chi connectivity index (χ0) is 21.1. The van der Waals surface area contributed by atoms with Crippen molar-refractivity contribution in [1.82, 2.24) is 15.1 Å². The van der Waals surface area contributed by atoms with Gasteiger partial charge in [0.15, 0.2) is 0 Å². The average Bonchev–Trinajstić information content (AvgIpc) is 3.00. The molecule has 156 valence electrons. The topological polar surface area (TPSA) is 79.0 Å². The summed E-state index contributed by atoms with van der Waals surface area (Å²) in [6, 6.07) is 12.4. The van der Waals surface area contributed by atoms with Gasteiger partial charge in [0.2, 0.25) is 0 Å². The summed E-state index contributed by atoms with van der Waals surface area (Å²) in [7, 11) is 0. The fourth-order valence-electron chi connectivity index (χ4n) is 3.71. The molecule has 0 atom stereocenters. The summed E-state index contributed by atoms with van der Waals surface area (Å²) in [5.74, 6) is -0.934. The number of imide groups is 1. The normalized spacial score (nSPS) is 16.6. The number of carbonyl (C=O) groups excluding carboxylic acids is 3. The molecule has 2 aromatic carbocycles. The van der Waals surface area contributed by atoms with Gasteiger partial charge >= 0.3 is 0 Å².